The van der Waals surface area contributed by atoms with E-state index in [9.17, 15) is 4.79 Å². The van der Waals surface area contributed by atoms with Gasteiger partial charge in [0.2, 0.25) is 5.91 Å². The quantitative estimate of drug-likeness (QED) is 0.797. The summed E-state index contributed by atoms with van der Waals surface area (Å²) in [6.45, 7) is 5.27. The first kappa shape index (κ1) is 17.3. The molecule has 0 atom stereocenters. The normalized spacial score (nSPS) is 10.6. The number of carbonyl (C=O) groups is 1. The average molecular weight is 294 g/mol. The molecule has 0 heterocycles. The Hall–Kier alpha value is -1.75. The monoisotopic (exact) mass is 294 g/mol. The lowest BCUT2D eigenvalue weighted by Gasteiger charge is -2.16. The van der Waals surface area contributed by atoms with Crippen molar-refractivity contribution in [2.75, 3.05) is 27.8 Å². The van der Waals surface area contributed by atoms with Gasteiger partial charge >= 0.3 is 0 Å². The van der Waals surface area contributed by atoms with Crippen molar-refractivity contribution in [1.82, 2.24) is 10.2 Å². The molecular formula is C16H26N2O3. The molecule has 0 aliphatic rings. The highest BCUT2D eigenvalue weighted by molar-refractivity contribution is 5.75. The van der Waals surface area contributed by atoms with E-state index in [4.69, 9.17) is 9.47 Å². The molecule has 1 aromatic carbocycles. The number of amides is 1. The molecule has 0 aromatic heterocycles. The van der Waals surface area contributed by atoms with Crippen molar-refractivity contribution in [3.05, 3.63) is 23.8 Å². The molecular weight excluding hydrogens is 268 g/mol. The minimum atomic E-state index is 0.0553. The lowest BCUT2D eigenvalue weighted by molar-refractivity contribution is -0.129. The molecule has 0 aliphatic heterocycles. The molecule has 118 valence electrons. The largest absolute Gasteiger partial charge is 0.497 e. The first-order valence-corrected chi connectivity index (χ1v) is 7.17. The molecule has 21 heavy (non-hydrogen) atoms. The Kier molecular flexibility index (Phi) is 7.02. The summed E-state index contributed by atoms with van der Waals surface area (Å²) in [6.07, 6.45) is 0.362. The zero-order valence-corrected chi connectivity index (χ0v) is 13.6. The number of hydrogen-bond acceptors (Lipinski definition) is 4. The van der Waals surface area contributed by atoms with Gasteiger partial charge in [-0.2, -0.15) is 0 Å². The van der Waals surface area contributed by atoms with Crippen molar-refractivity contribution in [2.24, 2.45) is 0 Å². The minimum absolute atomic E-state index is 0.0553. The summed E-state index contributed by atoms with van der Waals surface area (Å²) in [5.74, 6) is 1.56. The summed E-state index contributed by atoms with van der Waals surface area (Å²) < 4.78 is 11.0. The van der Waals surface area contributed by atoms with Crippen LogP contribution in [-0.4, -0.2) is 44.7 Å². The van der Waals surface area contributed by atoms with Crippen LogP contribution in [0.2, 0.25) is 0 Å². The van der Waals surface area contributed by atoms with E-state index in [1.165, 1.54) is 0 Å². The van der Waals surface area contributed by atoms with E-state index in [0.717, 1.165) is 23.6 Å². The zero-order chi connectivity index (χ0) is 15.8. The second kappa shape index (κ2) is 8.52. The Labute approximate surface area is 127 Å². The van der Waals surface area contributed by atoms with Crippen LogP contribution in [0.1, 0.15) is 25.8 Å². The zero-order valence-electron chi connectivity index (χ0n) is 13.6. The Morgan fingerprint density at radius 2 is 2.05 bits per heavy atom. The van der Waals surface area contributed by atoms with Crippen LogP contribution < -0.4 is 14.8 Å². The molecule has 0 saturated carbocycles. The van der Waals surface area contributed by atoms with Crippen molar-refractivity contribution in [3.63, 3.8) is 0 Å². The van der Waals surface area contributed by atoms with Gasteiger partial charge in [0.05, 0.1) is 20.1 Å². The van der Waals surface area contributed by atoms with Crippen LogP contribution in [0.4, 0.5) is 0 Å². The van der Waals surface area contributed by atoms with Gasteiger partial charge in [0, 0.05) is 38.3 Å². The molecule has 5 nitrogen and oxygen atoms in total. The van der Waals surface area contributed by atoms with Crippen LogP contribution >= 0.6 is 0 Å². The Balaban J connectivity index is 2.69. The third-order valence-corrected chi connectivity index (χ3v) is 3.05. The van der Waals surface area contributed by atoms with Crippen LogP contribution in [0.3, 0.4) is 0 Å². The third-order valence-electron chi connectivity index (χ3n) is 3.05. The van der Waals surface area contributed by atoms with Gasteiger partial charge in [-0.05, 0) is 6.07 Å². The van der Waals surface area contributed by atoms with Crippen LogP contribution in [-0.2, 0) is 11.3 Å². The number of nitrogens with zero attached hydrogens (tertiary/aromatic N) is 1. The van der Waals surface area contributed by atoms with Crippen LogP contribution in [0, 0.1) is 0 Å². The number of nitrogens with one attached hydrogen (secondary N) is 1. The maximum absolute atomic E-state index is 11.6. The second-order valence-electron chi connectivity index (χ2n) is 5.40. The Morgan fingerprint density at radius 3 is 2.62 bits per heavy atom. The van der Waals surface area contributed by atoms with Crippen molar-refractivity contribution in [1.29, 1.82) is 0 Å². The van der Waals surface area contributed by atoms with Crippen molar-refractivity contribution < 1.29 is 14.3 Å². The van der Waals surface area contributed by atoms with E-state index in [0.29, 0.717) is 19.1 Å². The number of ether oxygens (including phenoxy) is 2. The molecule has 0 fully saturated rings. The van der Waals surface area contributed by atoms with E-state index in [2.05, 4.69) is 19.2 Å². The molecule has 0 saturated heterocycles. The molecule has 1 amide bonds. The molecule has 0 radical (unpaired) electrons. The number of benzene rings is 1. The van der Waals surface area contributed by atoms with Crippen molar-refractivity contribution in [2.45, 2.75) is 32.9 Å². The lowest BCUT2D eigenvalue weighted by Crippen LogP contribution is -2.24. The van der Waals surface area contributed by atoms with Crippen molar-refractivity contribution >= 4 is 5.91 Å². The smallest absolute Gasteiger partial charge is 0.225 e. The maximum Gasteiger partial charge on any atom is 0.225 e. The van der Waals surface area contributed by atoms with E-state index < -0.39 is 0 Å². The van der Waals surface area contributed by atoms with Gasteiger partial charge < -0.3 is 19.7 Å². The fraction of sp³-hybridized carbons (Fsp3) is 0.562. The molecule has 1 rings (SSSR count). The summed E-state index contributed by atoms with van der Waals surface area (Å²) in [7, 11) is 5.11. The van der Waals surface area contributed by atoms with E-state index in [1.807, 2.05) is 18.2 Å². The molecule has 1 aromatic rings. The predicted molar refractivity (Wildman–Crippen MR) is 83.8 cm³/mol. The Bertz CT molecular complexity index is 459. The summed E-state index contributed by atoms with van der Waals surface area (Å²) in [6, 6.07) is 6.15. The van der Waals surface area contributed by atoms with Crippen LogP contribution in [0.5, 0.6) is 11.5 Å². The first-order valence-electron chi connectivity index (χ1n) is 7.17. The second-order valence-corrected chi connectivity index (χ2v) is 5.40. The molecule has 1 N–H and O–H groups in total. The van der Waals surface area contributed by atoms with Gasteiger partial charge in [0.25, 0.3) is 0 Å². The van der Waals surface area contributed by atoms with E-state index in [-0.39, 0.29) is 5.91 Å². The average Bonchev–Trinajstić information content (AvgIpc) is 2.45. The lowest BCUT2D eigenvalue weighted by atomic mass is 10.2. The fourth-order valence-electron chi connectivity index (χ4n) is 1.73. The van der Waals surface area contributed by atoms with Gasteiger partial charge in [-0.15, -0.1) is 0 Å². The Morgan fingerprint density at radius 1 is 1.33 bits per heavy atom. The molecule has 5 heteroatoms. The van der Waals surface area contributed by atoms with Gasteiger partial charge in [0.1, 0.15) is 11.5 Å². The summed E-state index contributed by atoms with van der Waals surface area (Å²) in [5.41, 5.74) is 1.06. The summed E-state index contributed by atoms with van der Waals surface area (Å²) in [4.78, 5) is 13.1. The van der Waals surface area contributed by atoms with Gasteiger partial charge in [-0.1, -0.05) is 19.9 Å². The summed E-state index contributed by atoms with van der Waals surface area (Å²) >= 11 is 0. The minimum Gasteiger partial charge on any atom is -0.497 e. The number of rotatable bonds is 8. The highest BCUT2D eigenvalue weighted by atomic mass is 16.5. The van der Waals surface area contributed by atoms with Gasteiger partial charge in [0.15, 0.2) is 0 Å². The van der Waals surface area contributed by atoms with Crippen LogP contribution in [0.15, 0.2) is 18.2 Å². The highest BCUT2D eigenvalue weighted by Gasteiger charge is 2.09. The SMILES string of the molecule is COc1ccc(CNC(C)C)c(OCCC(=O)N(C)C)c1. The number of methoxy groups -OCH3 is 1. The highest BCUT2D eigenvalue weighted by Crippen LogP contribution is 2.25. The predicted octanol–water partition coefficient (Wildman–Crippen LogP) is 2.05. The van der Waals surface area contributed by atoms with Gasteiger partial charge in [-0.3, -0.25) is 4.79 Å². The number of carbonyl (C=O) groups excluding carboxylic acids is 1. The van der Waals surface area contributed by atoms with Crippen LogP contribution in [0.25, 0.3) is 0 Å². The topological polar surface area (TPSA) is 50.8 Å². The van der Waals surface area contributed by atoms with E-state index in [1.54, 1.807) is 26.1 Å². The maximum atomic E-state index is 11.6. The molecule has 0 unspecified atom stereocenters. The van der Waals surface area contributed by atoms with Gasteiger partial charge in [-0.25, -0.2) is 0 Å². The third kappa shape index (κ3) is 6.04. The molecule has 0 aliphatic carbocycles. The number of hydrogen-bond donors (Lipinski definition) is 1. The first-order chi connectivity index (χ1) is 9.93. The summed E-state index contributed by atoms with van der Waals surface area (Å²) in [5, 5.41) is 3.36. The van der Waals surface area contributed by atoms with Crippen molar-refractivity contribution in [3.8, 4) is 11.5 Å². The molecule has 0 spiro atoms. The molecule has 0 bridgehead atoms. The van der Waals surface area contributed by atoms with E-state index >= 15 is 0 Å². The standard InChI is InChI=1S/C16H26N2O3/c1-12(2)17-11-13-6-7-14(20-5)10-15(13)21-9-8-16(19)18(3)4/h6-7,10,12,17H,8-9,11H2,1-5H3. The fourth-order valence-corrected chi connectivity index (χ4v) is 1.73.